The van der Waals surface area contributed by atoms with Crippen molar-refractivity contribution in [2.75, 3.05) is 0 Å². The SMILES string of the molecule is CC(=Cc1coc(C)n1)[C@@H]1CC2CC2(C(F)(F)F)CC=C[C@H](C)[C@H](O)[C@@H](C)C(=O)C(C)(C)[C@@H](O)CC(=O)O1. The molecule has 1 aliphatic heterocycles. The van der Waals surface area contributed by atoms with Crippen LogP contribution < -0.4 is 0 Å². The summed E-state index contributed by atoms with van der Waals surface area (Å²) >= 11 is 0. The van der Waals surface area contributed by atoms with Gasteiger partial charge in [0, 0.05) is 18.8 Å². The number of carbonyl (C=O) groups is 2. The van der Waals surface area contributed by atoms with Crippen molar-refractivity contribution in [3.63, 3.8) is 0 Å². The molecule has 1 saturated carbocycles. The number of oxazole rings is 1. The fourth-order valence-electron chi connectivity index (χ4n) is 5.35. The van der Waals surface area contributed by atoms with E-state index in [1.54, 1.807) is 26.8 Å². The first-order valence-corrected chi connectivity index (χ1v) is 12.9. The number of allylic oxidation sites excluding steroid dienone is 1. The number of halogens is 3. The topological polar surface area (TPSA) is 110 Å². The monoisotopic (exact) mass is 541 g/mol. The number of ketones is 1. The van der Waals surface area contributed by atoms with Crippen molar-refractivity contribution in [2.45, 2.75) is 91.7 Å². The highest BCUT2D eigenvalue weighted by Gasteiger charge is 2.69. The molecule has 0 amide bonds. The molecule has 7 atom stereocenters. The summed E-state index contributed by atoms with van der Waals surface area (Å²) in [5, 5.41) is 21.6. The van der Waals surface area contributed by atoms with Gasteiger partial charge in [0.2, 0.25) is 0 Å². The first-order valence-electron chi connectivity index (χ1n) is 12.9. The lowest BCUT2D eigenvalue weighted by Gasteiger charge is -2.34. The second kappa shape index (κ2) is 11.0. The Morgan fingerprint density at radius 2 is 1.87 bits per heavy atom. The summed E-state index contributed by atoms with van der Waals surface area (Å²) in [4.78, 5) is 30.3. The number of nitrogens with zero attached hydrogens (tertiary/aromatic N) is 1. The van der Waals surface area contributed by atoms with Crippen molar-refractivity contribution in [1.29, 1.82) is 0 Å². The molecule has 212 valence electrons. The second-order valence-corrected chi connectivity index (χ2v) is 11.5. The lowest BCUT2D eigenvalue weighted by Crippen LogP contribution is -2.45. The summed E-state index contributed by atoms with van der Waals surface area (Å²) < 4.78 is 53.5. The first-order chi connectivity index (χ1) is 17.5. The van der Waals surface area contributed by atoms with E-state index >= 15 is 0 Å². The van der Waals surface area contributed by atoms with Gasteiger partial charge in [0.15, 0.2) is 5.89 Å². The number of carbonyl (C=O) groups excluding carboxylic acids is 2. The molecule has 1 aromatic heterocycles. The molecule has 7 nitrogen and oxygen atoms in total. The Bertz CT molecular complexity index is 1090. The molecule has 2 heterocycles. The highest BCUT2D eigenvalue weighted by molar-refractivity contribution is 5.88. The summed E-state index contributed by atoms with van der Waals surface area (Å²) in [7, 11) is 0. The van der Waals surface area contributed by atoms with Crippen LogP contribution in [-0.4, -0.2) is 51.4 Å². The molecule has 10 heteroatoms. The number of hydrogen-bond donors (Lipinski definition) is 2. The molecule has 3 rings (SSSR count). The summed E-state index contributed by atoms with van der Waals surface area (Å²) in [6, 6.07) is 0. The van der Waals surface area contributed by atoms with Gasteiger partial charge in [0.1, 0.15) is 23.8 Å². The summed E-state index contributed by atoms with van der Waals surface area (Å²) in [6.45, 7) is 9.44. The number of esters is 1. The number of cyclic esters (lactones) is 1. The van der Waals surface area contributed by atoms with Crippen molar-refractivity contribution < 1.29 is 42.1 Å². The number of Topliss-reactive ketones (excluding diaryl/α,β-unsaturated/α-hetero) is 1. The summed E-state index contributed by atoms with van der Waals surface area (Å²) in [5.74, 6) is -3.18. The van der Waals surface area contributed by atoms with E-state index in [0.29, 0.717) is 17.2 Å². The zero-order valence-electron chi connectivity index (χ0n) is 22.7. The second-order valence-electron chi connectivity index (χ2n) is 11.5. The Kier molecular flexibility index (Phi) is 8.68. The predicted octanol–water partition coefficient (Wildman–Crippen LogP) is 5.20. The Balaban J connectivity index is 1.98. The molecule has 0 spiro atoms. The van der Waals surface area contributed by atoms with Crippen LogP contribution in [0, 0.1) is 35.5 Å². The number of ether oxygens (including phenoxy) is 1. The van der Waals surface area contributed by atoms with E-state index in [-0.39, 0.29) is 19.3 Å². The summed E-state index contributed by atoms with van der Waals surface area (Å²) in [6.07, 6.45) is -3.12. The zero-order chi connectivity index (χ0) is 28.6. The Hall–Kier alpha value is -2.46. The highest BCUT2D eigenvalue weighted by Crippen LogP contribution is 2.66. The minimum atomic E-state index is -4.48. The van der Waals surface area contributed by atoms with Crippen LogP contribution in [0.3, 0.4) is 0 Å². The maximum Gasteiger partial charge on any atom is 0.395 e. The van der Waals surface area contributed by atoms with E-state index in [1.165, 1.54) is 39.2 Å². The average molecular weight is 542 g/mol. The molecule has 2 unspecified atom stereocenters. The molecular formula is C28H38F3NO6. The molecule has 0 bridgehead atoms. The van der Waals surface area contributed by atoms with Crippen molar-refractivity contribution in [1.82, 2.24) is 4.98 Å². The number of aryl methyl sites for hydroxylation is 1. The first kappa shape index (κ1) is 30.1. The third kappa shape index (κ3) is 6.22. The Morgan fingerprint density at radius 1 is 1.21 bits per heavy atom. The van der Waals surface area contributed by atoms with Crippen molar-refractivity contribution >= 4 is 17.8 Å². The minimum absolute atomic E-state index is 0.0636. The van der Waals surface area contributed by atoms with E-state index in [1.807, 2.05) is 0 Å². The standard InChI is InChI=1S/C28H38F3NO6/c1-15-8-7-9-27(28(29,30)31)13-19(27)11-21(16(2)10-20-14-37-18(4)32-20)38-23(34)12-22(33)26(5,6)25(36)17(3)24(15)35/h7-8,10,14-15,17,19,21-22,24,33,35H,9,11-13H2,1-6H3/t15-,17+,19?,21-,22-,24-,27?/m0/s1. The molecule has 2 N–H and O–H groups in total. The number of aromatic nitrogens is 1. The smallest absolute Gasteiger partial charge is 0.395 e. The predicted molar refractivity (Wildman–Crippen MR) is 133 cm³/mol. The summed E-state index contributed by atoms with van der Waals surface area (Å²) in [5.41, 5.74) is -2.41. The number of hydrogen-bond acceptors (Lipinski definition) is 7. The van der Waals surface area contributed by atoms with Gasteiger partial charge in [-0.2, -0.15) is 13.2 Å². The van der Waals surface area contributed by atoms with Gasteiger partial charge in [-0.25, -0.2) is 4.98 Å². The number of rotatable bonds is 2. The molecule has 38 heavy (non-hydrogen) atoms. The molecule has 1 aromatic rings. The minimum Gasteiger partial charge on any atom is -0.458 e. The van der Waals surface area contributed by atoms with Gasteiger partial charge in [-0.1, -0.05) is 39.8 Å². The van der Waals surface area contributed by atoms with Gasteiger partial charge in [-0.3, -0.25) is 9.59 Å². The van der Waals surface area contributed by atoms with Crippen LogP contribution in [0.4, 0.5) is 13.2 Å². The third-order valence-electron chi connectivity index (χ3n) is 8.30. The van der Waals surface area contributed by atoms with Crippen LogP contribution in [-0.2, 0) is 14.3 Å². The molecule has 2 aliphatic rings. The van der Waals surface area contributed by atoms with E-state index < -0.39 is 71.2 Å². The van der Waals surface area contributed by atoms with E-state index in [9.17, 15) is 33.0 Å². The van der Waals surface area contributed by atoms with Crippen LogP contribution >= 0.6 is 0 Å². The van der Waals surface area contributed by atoms with Gasteiger partial charge in [-0.05, 0) is 43.8 Å². The van der Waals surface area contributed by atoms with Crippen molar-refractivity contribution in [3.05, 3.63) is 35.6 Å². The fraction of sp³-hybridized carbons (Fsp3) is 0.679. The van der Waals surface area contributed by atoms with Gasteiger partial charge >= 0.3 is 12.1 Å². The van der Waals surface area contributed by atoms with Crippen molar-refractivity contribution in [2.24, 2.45) is 28.6 Å². The van der Waals surface area contributed by atoms with E-state index in [0.717, 1.165) is 0 Å². The maximum atomic E-state index is 14.2. The van der Waals surface area contributed by atoms with Gasteiger partial charge in [0.05, 0.1) is 29.5 Å². The Morgan fingerprint density at radius 3 is 2.45 bits per heavy atom. The average Bonchev–Trinajstić information content (AvgIpc) is 3.38. The van der Waals surface area contributed by atoms with Crippen molar-refractivity contribution in [3.8, 4) is 0 Å². The molecular weight excluding hydrogens is 503 g/mol. The molecule has 1 fully saturated rings. The van der Waals surface area contributed by atoms with Crippen LogP contribution in [0.1, 0.15) is 71.9 Å². The molecule has 0 aromatic carbocycles. The largest absolute Gasteiger partial charge is 0.458 e. The highest BCUT2D eigenvalue weighted by atomic mass is 19.4. The lowest BCUT2D eigenvalue weighted by atomic mass is 9.73. The molecule has 0 saturated heterocycles. The quantitative estimate of drug-likeness (QED) is 0.391. The number of fused-ring (bicyclic) bond motifs is 1. The number of aliphatic hydroxyl groups is 2. The zero-order valence-corrected chi connectivity index (χ0v) is 22.7. The lowest BCUT2D eigenvalue weighted by molar-refractivity contribution is -0.192. The number of alkyl halides is 3. The normalized spacial score (nSPS) is 35.5. The van der Waals surface area contributed by atoms with Crippen LogP contribution in [0.25, 0.3) is 6.08 Å². The van der Waals surface area contributed by atoms with Crippen LogP contribution in [0.2, 0.25) is 0 Å². The van der Waals surface area contributed by atoms with Crippen LogP contribution in [0.15, 0.2) is 28.4 Å². The Labute approximate surface area is 221 Å². The van der Waals surface area contributed by atoms with E-state index in [2.05, 4.69) is 4.98 Å². The fourth-order valence-corrected chi connectivity index (χ4v) is 5.35. The van der Waals surface area contributed by atoms with E-state index in [4.69, 9.17) is 9.15 Å². The molecule has 1 aliphatic carbocycles. The molecule has 0 radical (unpaired) electrons. The number of aliphatic hydroxyl groups excluding tert-OH is 2. The van der Waals surface area contributed by atoms with Gasteiger partial charge < -0.3 is 19.4 Å². The third-order valence-corrected chi connectivity index (χ3v) is 8.30. The van der Waals surface area contributed by atoms with Crippen LogP contribution in [0.5, 0.6) is 0 Å². The van der Waals surface area contributed by atoms with Gasteiger partial charge in [-0.15, -0.1) is 0 Å². The maximum absolute atomic E-state index is 14.2. The van der Waals surface area contributed by atoms with Gasteiger partial charge in [0.25, 0.3) is 0 Å².